The first-order valence-electron chi connectivity index (χ1n) is 5.56. The number of hydrogen-bond donors (Lipinski definition) is 1. The molecule has 2 rings (SSSR count). The minimum absolute atomic E-state index is 0.534. The van der Waals surface area contributed by atoms with Crippen LogP contribution in [-0.2, 0) is 0 Å². The SMILES string of the molecule is C#CC1(O)CCN(c2cc(C)cc(C)c2)C1. The third-order valence-corrected chi connectivity index (χ3v) is 3.09. The van der Waals surface area contributed by atoms with Crippen LogP contribution in [0.2, 0.25) is 0 Å². The average Bonchev–Trinajstić information content (AvgIpc) is 2.61. The van der Waals surface area contributed by atoms with Gasteiger partial charge in [0, 0.05) is 18.7 Å². The van der Waals surface area contributed by atoms with E-state index in [1.165, 1.54) is 11.1 Å². The van der Waals surface area contributed by atoms with E-state index in [4.69, 9.17) is 6.42 Å². The molecule has 1 aromatic rings. The minimum atomic E-state index is -0.947. The summed E-state index contributed by atoms with van der Waals surface area (Å²) in [5.41, 5.74) is 2.69. The van der Waals surface area contributed by atoms with E-state index < -0.39 is 5.60 Å². The molecular weight excluding hydrogens is 198 g/mol. The summed E-state index contributed by atoms with van der Waals surface area (Å²) in [5.74, 6) is 2.48. The second-order valence-electron chi connectivity index (χ2n) is 4.69. The molecule has 84 valence electrons. The number of aryl methyl sites for hydroxylation is 2. The number of terminal acetylenes is 1. The summed E-state index contributed by atoms with van der Waals surface area (Å²) in [6.07, 6.45) is 5.99. The third kappa shape index (κ3) is 2.05. The van der Waals surface area contributed by atoms with Gasteiger partial charge in [0.15, 0.2) is 0 Å². The maximum atomic E-state index is 9.99. The fourth-order valence-corrected chi connectivity index (χ4v) is 2.27. The summed E-state index contributed by atoms with van der Waals surface area (Å²) in [7, 11) is 0. The smallest absolute Gasteiger partial charge is 0.144 e. The van der Waals surface area contributed by atoms with E-state index in [0.29, 0.717) is 13.0 Å². The zero-order valence-corrected chi connectivity index (χ0v) is 9.83. The number of β-amino-alcohol motifs (C(OH)–C–C–N with tert-alkyl or cyclic N) is 1. The van der Waals surface area contributed by atoms with E-state index in [2.05, 4.69) is 42.9 Å². The van der Waals surface area contributed by atoms with Crippen LogP contribution in [0, 0.1) is 26.2 Å². The first kappa shape index (κ1) is 11.0. The van der Waals surface area contributed by atoms with Crippen molar-refractivity contribution in [2.75, 3.05) is 18.0 Å². The van der Waals surface area contributed by atoms with Gasteiger partial charge in [0.25, 0.3) is 0 Å². The topological polar surface area (TPSA) is 23.5 Å². The zero-order chi connectivity index (χ0) is 11.8. The van der Waals surface area contributed by atoms with Crippen LogP contribution in [-0.4, -0.2) is 23.8 Å². The van der Waals surface area contributed by atoms with Gasteiger partial charge < -0.3 is 10.0 Å². The summed E-state index contributed by atoms with van der Waals surface area (Å²) in [6, 6.07) is 6.41. The van der Waals surface area contributed by atoms with Gasteiger partial charge in [0.05, 0.1) is 6.54 Å². The molecule has 0 amide bonds. The predicted molar refractivity (Wildman–Crippen MR) is 66.5 cm³/mol. The molecule has 0 aliphatic carbocycles. The number of anilines is 1. The summed E-state index contributed by atoms with van der Waals surface area (Å²) in [4.78, 5) is 2.15. The Kier molecular flexibility index (Phi) is 2.65. The minimum Gasteiger partial charge on any atom is -0.376 e. The molecule has 1 saturated heterocycles. The monoisotopic (exact) mass is 215 g/mol. The van der Waals surface area contributed by atoms with Gasteiger partial charge in [-0.15, -0.1) is 6.42 Å². The van der Waals surface area contributed by atoms with Crippen LogP contribution in [0.25, 0.3) is 0 Å². The lowest BCUT2D eigenvalue weighted by atomic mass is 10.1. The van der Waals surface area contributed by atoms with Crippen molar-refractivity contribution in [3.63, 3.8) is 0 Å². The van der Waals surface area contributed by atoms with Gasteiger partial charge in [-0.25, -0.2) is 0 Å². The Labute approximate surface area is 96.9 Å². The number of rotatable bonds is 1. The number of benzene rings is 1. The normalized spacial score (nSPS) is 24.5. The van der Waals surface area contributed by atoms with Gasteiger partial charge in [0.2, 0.25) is 0 Å². The molecule has 1 aromatic carbocycles. The summed E-state index contributed by atoms with van der Waals surface area (Å²) in [6.45, 7) is 5.52. The van der Waals surface area contributed by atoms with E-state index in [-0.39, 0.29) is 0 Å². The summed E-state index contributed by atoms with van der Waals surface area (Å²) < 4.78 is 0. The van der Waals surface area contributed by atoms with Crippen LogP contribution in [0.4, 0.5) is 5.69 Å². The molecule has 2 heteroatoms. The molecule has 1 aliphatic heterocycles. The number of aliphatic hydroxyl groups is 1. The van der Waals surface area contributed by atoms with Gasteiger partial charge in [-0.05, 0) is 37.1 Å². The third-order valence-electron chi connectivity index (χ3n) is 3.09. The molecule has 0 aromatic heterocycles. The number of nitrogens with zero attached hydrogens (tertiary/aromatic N) is 1. The molecule has 1 N–H and O–H groups in total. The van der Waals surface area contributed by atoms with Gasteiger partial charge in [-0.3, -0.25) is 0 Å². The highest BCUT2D eigenvalue weighted by Crippen LogP contribution is 2.27. The van der Waals surface area contributed by atoms with Crippen LogP contribution < -0.4 is 4.90 Å². The molecule has 16 heavy (non-hydrogen) atoms. The van der Waals surface area contributed by atoms with E-state index in [1.54, 1.807) is 0 Å². The highest BCUT2D eigenvalue weighted by atomic mass is 16.3. The standard InChI is InChI=1S/C14H17NO/c1-4-14(16)5-6-15(10-14)13-8-11(2)7-12(3)9-13/h1,7-9,16H,5-6,10H2,2-3H3. The van der Waals surface area contributed by atoms with E-state index in [0.717, 1.165) is 12.2 Å². The van der Waals surface area contributed by atoms with Crippen LogP contribution in [0.3, 0.4) is 0 Å². The lowest BCUT2D eigenvalue weighted by molar-refractivity contribution is 0.126. The number of hydrogen-bond acceptors (Lipinski definition) is 2. The van der Waals surface area contributed by atoms with Gasteiger partial charge in [-0.2, -0.15) is 0 Å². The molecule has 1 fully saturated rings. The predicted octanol–water partition coefficient (Wildman–Crippen LogP) is 1.88. The van der Waals surface area contributed by atoms with Crippen molar-refractivity contribution >= 4 is 5.69 Å². The molecular formula is C14H17NO. The Balaban J connectivity index is 2.24. The zero-order valence-electron chi connectivity index (χ0n) is 9.83. The van der Waals surface area contributed by atoms with Gasteiger partial charge in [0.1, 0.15) is 5.60 Å². The van der Waals surface area contributed by atoms with Crippen molar-refractivity contribution in [3.05, 3.63) is 29.3 Å². The molecule has 1 unspecified atom stereocenters. The molecule has 1 atom stereocenters. The Morgan fingerprint density at radius 1 is 1.31 bits per heavy atom. The van der Waals surface area contributed by atoms with Crippen molar-refractivity contribution in [1.82, 2.24) is 0 Å². The molecule has 0 spiro atoms. The average molecular weight is 215 g/mol. The Morgan fingerprint density at radius 3 is 2.44 bits per heavy atom. The molecule has 0 bridgehead atoms. The molecule has 0 radical (unpaired) electrons. The largest absolute Gasteiger partial charge is 0.376 e. The molecule has 2 nitrogen and oxygen atoms in total. The van der Waals surface area contributed by atoms with Crippen molar-refractivity contribution < 1.29 is 5.11 Å². The summed E-state index contributed by atoms with van der Waals surface area (Å²) in [5, 5.41) is 9.99. The highest BCUT2D eigenvalue weighted by molar-refractivity contribution is 5.53. The second kappa shape index (κ2) is 3.84. The van der Waals surface area contributed by atoms with Crippen LogP contribution in [0.5, 0.6) is 0 Å². The molecule has 1 aliphatic rings. The first-order chi connectivity index (χ1) is 7.52. The lowest BCUT2D eigenvalue weighted by Gasteiger charge is -2.21. The summed E-state index contributed by atoms with van der Waals surface area (Å²) >= 11 is 0. The first-order valence-corrected chi connectivity index (χ1v) is 5.56. The maximum absolute atomic E-state index is 9.99. The van der Waals surface area contributed by atoms with Crippen molar-refractivity contribution in [2.24, 2.45) is 0 Å². The Bertz CT molecular complexity index is 426. The van der Waals surface area contributed by atoms with Crippen LogP contribution >= 0.6 is 0 Å². The van der Waals surface area contributed by atoms with Crippen LogP contribution in [0.1, 0.15) is 17.5 Å². The maximum Gasteiger partial charge on any atom is 0.144 e. The van der Waals surface area contributed by atoms with E-state index in [1.807, 2.05) is 0 Å². The quantitative estimate of drug-likeness (QED) is 0.723. The van der Waals surface area contributed by atoms with Crippen molar-refractivity contribution in [3.8, 4) is 12.3 Å². The van der Waals surface area contributed by atoms with Crippen molar-refractivity contribution in [2.45, 2.75) is 25.9 Å². The van der Waals surface area contributed by atoms with Crippen molar-refractivity contribution in [1.29, 1.82) is 0 Å². The van der Waals surface area contributed by atoms with Gasteiger partial charge >= 0.3 is 0 Å². The fourth-order valence-electron chi connectivity index (χ4n) is 2.27. The van der Waals surface area contributed by atoms with Gasteiger partial charge in [-0.1, -0.05) is 12.0 Å². The van der Waals surface area contributed by atoms with Crippen LogP contribution in [0.15, 0.2) is 18.2 Å². The fraction of sp³-hybridized carbons (Fsp3) is 0.429. The highest BCUT2D eigenvalue weighted by Gasteiger charge is 2.34. The Morgan fingerprint density at radius 2 is 1.94 bits per heavy atom. The second-order valence-corrected chi connectivity index (χ2v) is 4.69. The molecule has 0 saturated carbocycles. The Hall–Kier alpha value is -1.46. The lowest BCUT2D eigenvalue weighted by Crippen LogP contribution is -2.31. The molecule has 1 heterocycles. The van der Waals surface area contributed by atoms with E-state index in [9.17, 15) is 5.11 Å². The van der Waals surface area contributed by atoms with E-state index >= 15 is 0 Å².